The number of nitrogens with zero attached hydrogens (tertiary/aromatic N) is 5. The molecular formula is C23H26N6O4S. The zero-order chi connectivity index (χ0) is 24.3. The van der Waals surface area contributed by atoms with Crippen molar-refractivity contribution in [2.75, 3.05) is 24.6 Å². The number of benzene rings is 2. The minimum Gasteiger partial charge on any atom is -0.349 e. The molecule has 10 nitrogen and oxygen atoms in total. The van der Waals surface area contributed by atoms with E-state index in [1.807, 2.05) is 37.3 Å². The maximum Gasteiger partial charge on any atom is 0.251 e. The normalized spacial score (nSPS) is 16.1. The summed E-state index contributed by atoms with van der Waals surface area (Å²) in [5.41, 5.74) is 3.94. The molecule has 1 aromatic heterocycles. The number of sulfone groups is 1. The van der Waals surface area contributed by atoms with Gasteiger partial charge in [-0.3, -0.25) is 9.59 Å². The van der Waals surface area contributed by atoms with E-state index in [9.17, 15) is 18.0 Å². The summed E-state index contributed by atoms with van der Waals surface area (Å²) in [6, 6.07) is 12.9. The van der Waals surface area contributed by atoms with Crippen LogP contribution in [-0.4, -0.2) is 76.0 Å². The average Bonchev–Trinajstić information content (AvgIpc) is 3.34. The van der Waals surface area contributed by atoms with Crippen molar-refractivity contribution in [3.63, 3.8) is 0 Å². The molecule has 1 aliphatic heterocycles. The van der Waals surface area contributed by atoms with Crippen LogP contribution in [0.2, 0.25) is 0 Å². The van der Waals surface area contributed by atoms with E-state index in [2.05, 4.69) is 20.8 Å². The molecule has 178 valence electrons. The molecule has 34 heavy (non-hydrogen) atoms. The molecule has 2 aromatic carbocycles. The van der Waals surface area contributed by atoms with Crippen LogP contribution in [0.5, 0.6) is 0 Å². The van der Waals surface area contributed by atoms with E-state index in [1.165, 1.54) is 15.9 Å². The molecule has 0 radical (unpaired) electrons. The fourth-order valence-electron chi connectivity index (χ4n) is 3.78. The molecular weight excluding hydrogens is 456 g/mol. The Hall–Kier alpha value is -3.60. The molecule has 0 aliphatic carbocycles. The first-order chi connectivity index (χ1) is 16.2. The third kappa shape index (κ3) is 5.66. The van der Waals surface area contributed by atoms with Crippen LogP contribution < -0.4 is 5.32 Å². The van der Waals surface area contributed by atoms with Crippen molar-refractivity contribution in [2.45, 2.75) is 26.3 Å². The fourth-order valence-corrected chi connectivity index (χ4v) is 4.98. The number of carbonyl (C=O) groups is 2. The van der Waals surface area contributed by atoms with E-state index in [0.717, 1.165) is 16.7 Å². The Kier molecular flexibility index (Phi) is 6.73. The monoisotopic (exact) mass is 482 g/mol. The summed E-state index contributed by atoms with van der Waals surface area (Å²) >= 11 is 0. The first kappa shape index (κ1) is 23.6. The Morgan fingerprint density at radius 2 is 1.76 bits per heavy atom. The van der Waals surface area contributed by atoms with Gasteiger partial charge in [0.2, 0.25) is 5.91 Å². The zero-order valence-electron chi connectivity index (χ0n) is 19.0. The summed E-state index contributed by atoms with van der Waals surface area (Å²) in [6.45, 7) is 4.14. The highest BCUT2D eigenvalue weighted by Gasteiger charge is 2.26. The number of hydrogen-bond donors (Lipinski definition) is 1. The quantitative estimate of drug-likeness (QED) is 0.563. The summed E-state index contributed by atoms with van der Waals surface area (Å²) in [6.07, 6.45) is 1.54. The van der Waals surface area contributed by atoms with Gasteiger partial charge in [0.05, 0.1) is 17.2 Å². The van der Waals surface area contributed by atoms with Crippen LogP contribution in [0.15, 0.2) is 48.8 Å². The van der Waals surface area contributed by atoms with Gasteiger partial charge in [0.15, 0.2) is 9.84 Å². The number of amides is 2. The van der Waals surface area contributed by atoms with Gasteiger partial charge >= 0.3 is 0 Å². The zero-order valence-corrected chi connectivity index (χ0v) is 19.8. The van der Waals surface area contributed by atoms with Gasteiger partial charge in [0.25, 0.3) is 5.91 Å². The van der Waals surface area contributed by atoms with Gasteiger partial charge in [0, 0.05) is 31.1 Å². The predicted molar refractivity (Wildman–Crippen MR) is 126 cm³/mol. The van der Waals surface area contributed by atoms with Crippen LogP contribution in [0.1, 0.15) is 29.3 Å². The predicted octanol–water partition coefficient (Wildman–Crippen LogP) is 1.40. The average molecular weight is 483 g/mol. The lowest BCUT2D eigenvalue weighted by Crippen LogP contribution is -2.46. The summed E-state index contributed by atoms with van der Waals surface area (Å²) in [4.78, 5) is 27.2. The highest BCUT2D eigenvalue weighted by molar-refractivity contribution is 7.91. The molecule has 0 saturated carbocycles. The number of rotatable bonds is 6. The lowest BCUT2D eigenvalue weighted by atomic mass is 10.0. The van der Waals surface area contributed by atoms with Crippen LogP contribution >= 0.6 is 0 Å². The van der Waals surface area contributed by atoms with Crippen LogP contribution in [0.3, 0.4) is 0 Å². The molecule has 1 N–H and O–H groups in total. The van der Waals surface area contributed by atoms with Crippen LogP contribution in [0.25, 0.3) is 16.8 Å². The van der Waals surface area contributed by atoms with Gasteiger partial charge < -0.3 is 10.2 Å². The van der Waals surface area contributed by atoms with Crippen molar-refractivity contribution in [1.29, 1.82) is 0 Å². The largest absolute Gasteiger partial charge is 0.349 e. The maximum atomic E-state index is 13.1. The highest BCUT2D eigenvalue weighted by atomic mass is 32.2. The van der Waals surface area contributed by atoms with E-state index in [1.54, 1.807) is 19.1 Å². The number of hydrogen-bond acceptors (Lipinski definition) is 7. The molecule has 1 atom stereocenters. The van der Waals surface area contributed by atoms with Gasteiger partial charge in [-0.1, -0.05) is 29.8 Å². The Morgan fingerprint density at radius 1 is 1.06 bits per heavy atom. The van der Waals surface area contributed by atoms with Crippen LogP contribution in [0.4, 0.5) is 0 Å². The molecule has 1 saturated heterocycles. The Bertz CT molecular complexity index is 1280. The minimum absolute atomic E-state index is 0.0226. The second-order valence-corrected chi connectivity index (χ2v) is 10.8. The SMILES string of the molecule is Cc1ccc(-c2cc(C(=O)NC(C)CC(=O)N3CCS(=O)(=O)CC3)cc(-n3cnnn3)c2)cc1. The summed E-state index contributed by atoms with van der Waals surface area (Å²) in [7, 11) is -3.06. The number of carbonyl (C=O) groups excluding carboxylic acids is 2. The molecule has 2 amide bonds. The first-order valence-corrected chi connectivity index (χ1v) is 12.8. The summed E-state index contributed by atoms with van der Waals surface area (Å²) in [5.74, 6) is -0.550. The van der Waals surface area contributed by atoms with E-state index >= 15 is 0 Å². The van der Waals surface area contributed by atoms with Crippen LogP contribution in [0, 0.1) is 6.92 Å². The molecule has 3 aromatic rings. The standard InChI is InChI=1S/C23H26N6O4S/c1-16-3-5-18(6-4-16)19-12-20(14-21(13-19)29-15-24-26-27-29)23(31)25-17(2)11-22(30)28-7-9-34(32,33)10-8-28/h3-6,12-15,17H,7-11H2,1-2H3,(H,25,31). The van der Waals surface area contributed by atoms with Crippen molar-refractivity contribution in [2.24, 2.45) is 0 Å². The Labute approximate surface area is 197 Å². The van der Waals surface area contributed by atoms with Gasteiger partial charge in [-0.15, -0.1) is 5.10 Å². The van der Waals surface area contributed by atoms with Crippen molar-refractivity contribution >= 4 is 21.7 Å². The molecule has 0 spiro atoms. The van der Waals surface area contributed by atoms with Gasteiger partial charge in [0.1, 0.15) is 6.33 Å². The number of aryl methyl sites for hydroxylation is 1. The summed E-state index contributed by atoms with van der Waals surface area (Å²) < 4.78 is 24.7. The van der Waals surface area contributed by atoms with Crippen molar-refractivity contribution in [3.05, 3.63) is 59.9 Å². The summed E-state index contributed by atoms with van der Waals surface area (Å²) in [5, 5.41) is 14.2. The van der Waals surface area contributed by atoms with E-state index in [-0.39, 0.29) is 42.8 Å². The van der Waals surface area contributed by atoms with Crippen molar-refractivity contribution in [1.82, 2.24) is 30.4 Å². The Morgan fingerprint density at radius 3 is 2.41 bits per heavy atom. The molecule has 4 rings (SSSR count). The van der Waals surface area contributed by atoms with E-state index in [4.69, 9.17) is 0 Å². The Balaban J connectivity index is 1.50. The molecule has 1 fully saturated rings. The molecule has 2 heterocycles. The third-order valence-electron chi connectivity index (χ3n) is 5.73. The smallest absolute Gasteiger partial charge is 0.251 e. The first-order valence-electron chi connectivity index (χ1n) is 10.9. The molecule has 1 unspecified atom stereocenters. The third-order valence-corrected chi connectivity index (χ3v) is 7.34. The van der Waals surface area contributed by atoms with Crippen molar-refractivity contribution in [3.8, 4) is 16.8 Å². The van der Waals surface area contributed by atoms with Crippen molar-refractivity contribution < 1.29 is 18.0 Å². The van der Waals surface area contributed by atoms with Crippen LogP contribution in [-0.2, 0) is 14.6 Å². The second-order valence-electron chi connectivity index (χ2n) is 8.50. The van der Waals surface area contributed by atoms with E-state index in [0.29, 0.717) is 11.3 Å². The number of tetrazole rings is 1. The lowest BCUT2D eigenvalue weighted by molar-refractivity contribution is -0.131. The van der Waals surface area contributed by atoms with E-state index < -0.39 is 15.9 Å². The second kappa shape index (κ2) is 9.72. The lowest BCUT2D eigenvalue weighted by Gasteiger charge is -2.28. The molecule has 1 aliphatic rings. The molecule has 11 heteroatoms. The van der Waals surface area contributed by atoms with Gasteiger partial charge in [-0.2, -0.15) is 0 Å². The number of nitrogens with one attached hydrogen (secondary N) is 1. The minimum atomic E-state index is -3.06. The maximum absolute atomic E-state index is 13.1. The van der Waals surface area contributed by atoms with Gasteiger partial charge in [-0.05, 0) is 53.6 Å². The topological polar surface area (TPSA) is 127 Å². The molecule has 0 bridgehead atoms. The highest BCUT2D eigenvalue weighted by Crippen LogP contribution is 2.24. The van der Waals surface area contributed by atoms with Gasteiger partial charge in [-0.25, -0.2) is 13.1 Å². The number of aromatic nitrogens is 4. The fraction of sp³-hybridized carbons (Fsp3) is 0.348.